The van der Waals surface area contributed by atoms with Crippen molar-refractivity contribution in [2.24, 2.45) is 0 Å². The SMILES string of the molecule is CC/C=C\C/C=C\C/C=C\C/C=C\C/C=C\CCCCCCCCCCCCCC(=O)OCC(COC(=O)CCCCCCC/C=C\C/C=C\CCCCCC)OC(=O)CCCCCCCC/C=C\C/C=C\C/C=C\C/C=C\CC. The Morgan fingerprint density at radius 2 is 0.487 bits per heavy atom. The number of unbranched alkanes of at least 4 members (excludes halogenated alkanes) is 26. The highest BCUT2D eigenvalue weighted by Crippen LogP contribution is 2.15. The van der Waals surface area contributed by atoms with Crippen LogP contribution in [0.2, 0.25) is 0 Å². The van der Waals surface area contributed by atoms with Crippen LogP contribution in [0, 0.1) is 0 Å². The molecule has 0 radical (unpaired) electrons. The van der Waals surface area contributed by atoms with Gasteiger partial charge in [0.15, 0.2) is 6.10 Å². The fraction of sp³-hybridized carbons (Fsp3) is 0.662. The van der Waals surface area contributed by atoms with Gasteiger partial charge in [0, 0.05) is 19.3 Å². The lowest BCUT2D eigenvalue weighted by molar-refractivity contribution is -0.167. The minimum absolute atomic E-state index is 0.0930. The van der Waals surface area contributed by atoms with Crippen LogP contribution in [0.3, 0.4) is 0 Å². The maximum Gasteiger partial charge on any atom is 0.306 e. The van der Waals surface area contributed by atoms with Crippen LogP contribution in [-0.4, -0.2) is 37.2 Å². The molecule has 0 aromatic heterocycles. The number of hydrogen-bond acceptors (Lipinski definition) is 6. The number of carbonyl (C=O) groups excluding carboxylic acids is 3. The van der Waals surface area contributed by atoms with Crippen LogP contribution >= 0.6 is 0 Å². The van der Waals surface area contributed by atoms with Gasteiger partial charge in [-0.2, -0.15) is 0 Å². The third kappa shape index (κ3) is 64.4. The summed E-state index contributed by atoms with van der Waals surface area (Å²) in [4.78, 5) is 38.4. The highest BCUT2D eigenvalue weighted by Gasteiger charge is 2.19. The Kier molecular flexibility index (Phi) is 63.3. The molecule has 0 aromatic rings. The normalized spacial score (nSPS) is 13.0. The quantitative estimate of drug-likeness (QED) is 0.0261. The fourth-order valence-electron chi connectivity index (χ4n) is 8.96. The van der Waals surface area contributed by atoms with Gasteiger partial charge in [0.25, 0.3) is 0 Å². The van der Waals surface area contributed by atoms with E-state index in [-0.39, 0.29) is 31.1 Å². The van der Waals surface area contributed by atoms with Gasteiger partial charge in [0.1, 0.15) is 13.2 Å². The van der Waals surface area contributed by atoms with Gasteiger partial charge in [-0.25, -0.2) is 0 Å². The van der Waals surface area contributed by atoms with Gasteiger partial charge in [-0.15, -0.1) is 0 Å². The molecule has 0 aromatic carbocycles. The standard InChI is InChI=1S/C74H122O6/c1-4-7-10-13-16-19-22-25-28-31-33-34-35-36-37-38-39-40-42-43-46-49-52-55-58-61-64-67-73(76)79-70-71(69-78-72(75)66-63-60-57-54-51-48-45-30-27-24-21-18-15-12-9-6-3)80-74(77)68-65-62-59-56-53-50-47-44-41-32-29-26-23-20-17-14-11-8-5-2/h7-8,10-11,16-17,19-21,24-26,28-30,33-34,36-37,41,44-45,71H,4-6,9,12-15,18,22-23,27,31-32,35,38-40,42-43,46-70H2,1-3H3/b10-7-,11-8-,19-16-,20-17-,24-21-,28-25-,29-26-,34-33-,37-36-,44-41-,45-30-. The van der Waals surface area contributed by atoms with Crippen molar-refractivity contribution in [3.05, 3.63) is 134 Å². The minimum atomic E-state index is -0.799. The summed E-state index contributed by atoms with van der Waals surface area (Å²) in [5, 5.41) is 0. The molecule has 6 nitrogen and oxygen atoms in total. The van der Waals surface area contributed by atoms with Gasteiger partial charge < -0.3 is 14.2 Å². The summed E-state index contributed by atoms with van der Waals surface area (Å²) in [7, 11) is 0. The summed E-state index contributed by atoms with van der Waals surface area (Å²) in [5.41, 5.74) is 0. The lowest BCUT2D eigenvalue weighted by Gasteiger charge is -2.18. The molecule has 0 aliphatic heterocycles. The van der Waals surface area contributed by atoms with E-state index in [1.807, 2.05) is 0 Å². The first-order valence-electron chi connectivity index (χ1n) is 33.2. The van der Waals surface area contributed by atoms with Crippen molar-refractivity contribution in [3.63, 3.8) is 0 Å². The Morgan fingerprint density at radius 3 is 0.762 bits per heavy atom. The number of rotatable bonds is 59. The molecule has 0 spiro atoms. The monoisotopic (exact) mass is 1110 g/mol. The van der Waals surface area contributed by atoms with Gasteiger partial charge >= 0.3 is 17.9 Å². The summed E-state index contributed by atoms with van der Waals surface area (Å²) in [6.07, 6.45) is 94.5. The highest BCUT2D eigenvalue weighted by molar-refractivity contribution is 5.71. The molecule has 1 atom stereocenters. The first-order valence-corrected chi connectivity index (χ1v) is 33.2. The van der Waals surface area contributed by atoms with Crippen LogP contribution in [0.1, 0.15) is 297 Å². The van der Waals surface area contributed by atoms with E-state index in [9.17, 15) is 14.4 Å². The maximum absolute atomic E-state index is 12.9. The van der Waals surface area contributed by atoms with Crippen molar-refractivity contribution < 1.29 is 28.6 Å². The van der Waals surface area contributed by atoms with E-state index < -0.39 is 6.10 Å². The molecule has 0 heterocycles. The van der Waals surface area contributed by atoms with Crippen LogP contribution in [0.25, 0.3) is 0 Å². The lowest BCUT2D eigenvalue weighted by atomic mass is 10.0. The van der Waals surface area contributed by atoms with Gasteiger partial charge in [-0.3, -0.25) is 14.4 Å². The lowest BCUT2D eigenvalue weighted by Crippen LogP contribution is -2.30. The molecule has 0 fully saturated rings. The molecular weight excluding hydrogens is 985 g/mol. The van der Waals surface area contributed by atoms with Gasteiger partial charge in [0.2, 0.25) is 0 Å². The number of carbonyl (C=O) groups is 3. The number of ether oxygens (including phenoxy) is 3. The number of hydrogen-bond donors (Lipinski definition) is 0. The molecule has 1 unspecified atom stereocenters. The van der Waals surface area contributed by atoms with E-state index in [2.05, 4.69) is 154 Å². The third-order valence-corrected chi connectivity index (χ3v) is 13.9. The molecular formula is C74H122O6. The van der Waals surface area contributed by atoms with E-state index >= 15 is 0 Å². The second kappa shape index (κ2) is 67.1. The molecule has 0 amide bonds. The first kappa shape index (κ1) is 75.5. The van der Waals surface area contributed by atoms with Crippen molar-refractivity contribution in [2.45, 2.75) is 303 Å². The zero-order chi connectivity index (χ0) is 57.8. The summed E-state index contributed by atoms with van der Waals surface area (Å²) >= 11 is 0. The Balaban J connectivity index is 4.39. The first-order chi connectivity index (χ1) is 39.5. The molecule has 80 heavy (non-hydrogen) atoms. The molecule has 0 saturated carbocycles. The molecule has 0 aliphatic rings. The Bertz CT molecular complexity index is 1700. The van der Waals surface area contributed by atoms with Crippen molar-refractivity contribution in [1.29, 1.82) is 0 Å². The predicted molar refractivity (Wildman–Crippen MR) is 348 cm³/mol. The average Bonchev–Trinajstić information content (AvgIpc) is 3.46. The Morgan fingerprint density at radius 1 is 0.263 bits per heavy atom. The molecule has 454 valence electrons. The molecule has 0 bridgehead atoms. The molecule has 0 aliphatic carbocycles. The number of allylic oxidation sites excluding steroid dienone is 22. The van der Waals surface area contributed by atoms with Crippen molar-refractivity contribution >= 4 is 17.9 Å². The van der Waals surface area contributed by atoms with Crippen LogP contribution in [0.5, 0.6) is 0 Å². The summed E-state index contributed by atoms with van der Waals surface area (Å²) < 4.78 is 16.9. The topological polar surface area (TPSA) is 78.9 Å². The Hall–Kier alpha value is -4.45. The maximum atomic E-state index is 12.9. The van der Waals surface area contributed by atoms with Gasteiger partial charge in [0.05, 0.1) is 0 Å². The zero-order valence-electron chi connectivity index (χ0n) is 52.0. The molecule has 0 saturated heterocycles. The van der Waals surface area contributed by atoms with Crippen molar-refractivity contribution in [3.8, 4) is 0 Å². The van der Waals surface area contributed by atoms with Gasteiger partial charge in [-0.1, -0.05) is 276 Å². The summed E-state index contributed by atoms with van der Waals surface area (Å²) in [6, 6.07) is 0. The third-order valence-electron chi connectivity index (χ3n) is 13.9. The van der Waals surface area contributed by atoms with Crippen LogP contribution in [0.4, 0.5) is 0 Å². The zero-order valence-corrected chi connectivity index (χ0v) is 52.0. The van der Waals surface area contributed by atoms with Crippen molar-refractivity contribution in [1.82, 2.24) is 0 Å². The highest BCUT2D eigenvalue weighted by atomic mass is 16.6. The van der Waals surface area contributed by atoms with E-state index in [0.717, 1.165) is 154 Å². The molecule has 6 heteroatoms. The Labute approximate surface area is 494 Å². The fourth-order valence-corrected chi connectivity index (χ4v) is 8.96. The van der Waals surface area contributed by atoms with E-state index in [1.54, 1.807) is 0 Å². The molecule has 0 N–H and O–H groups in total. The molecule has 0 rings (SSSR count). The smallest absolute Gasteiger partial charge is 0.306 e. The average molecular weight is 1110 g/mol. The second-order valence-electron chi connectivity index (χ2n) is 21.6. The summed E-state index contributed by atoms with van der Waals surface area (Å²) in [6.45, 7) is 6.39. The van der Waals surface area contributed by atoms with Crippen LogP contribution in [0.15, 0.2) is 134 Å². The van der Waals surface area contributed by atoms with Crippen molar-refractivity contribution in [2.75, 3.05) is 13.2 Å². The number of esters is 3. The predicted octanol–water partition coefficient (Wildman–Crippen LogP) is 22.9. The van der Waals surface area contributed by atoms with Crippen LogP contribution < -0.4 is 0 Å². The largest absolute Gasteiger partial charge is 0.462 e. The second-order valence-corrected chi connectivity index (χ2v) is 21.6. The van der Waals surface area contributed by atoms with E-state index in [4.69, 9.17) is 14.2 Å². The van der Waals surface area contributed by atoms with E-state index in [1.165, 1.54) is 103 Å². The minimum Gasteiger partial charge on any atom is -0.462 e. The van der Waals surface area contributed by atoms with Gasteiger partial charge in [-0.05, 0) is 135 Å². The summed E-state index contributed by atoms with van der Waals surface area (Å²) in [5.74, 6) is -0.919. The van der Waals surface area contributed by atoms with E-state index in [0.29, 0.717) is 19.3 Å². The van der Waals surface area contributed by atoms with Crippen LogP contribution in [-0.2, 0) is 28.6 Å².